The summed E-state index contributed by atoms with van der Waals surface area (Å²) in [5, 5.41) is 14.9. The lowest BCUT2D eigenvalue weighted by Crippen LogP contribution is -2.30. The number of benzene rings is 1. The van der Waals surface area contributed by atoms with Gasteiger partial charge in [0, 0.05) is 30.3 Å². The highest BCUT2D eigenvalue weighted by Crippen LogP contribution is 2.23. The molecule has 0 saturated carbocycles. The Hall–Kier alpha value is -2.02. The van der Waals surface area contributed by atoms with Crippen LogP contribution in [0.25, 0.3) is 11.3 Å². The smallest absolute Gasteiger partial charge is 0.123 e. The topological polar surface area (TPSA) is 44.0 Å². The van der Waals surface area contributed by atoms with Gasteiger partial charge in [-0.05, 0) is 60.8 Å². The zero-order valence-electron chi connectivity index (χ0n) is 13.8. The molecule has 0 saturated heterocycles. The number of hydrogen-bond donors (Lipinski definition) is 2. The molecule has 3 aromatic rings. The lowest BCUT2D eigenvalue weighted by molar-refractivity contribution is 0.289. The minimum absolute atomic E-state index is 0.234. The van der Waals surface area contributed by atoms with E-state index in [4.69, 9.17) is 0 Å². The van der Waals surface area contributed by atoms with Crippen LogP contribution in [0.2, 0.25) is 0 Å². The van der Waals surface area contributed by atoms with Gasteiger partial charge in [0.1, 0.15) is 5.82 Å². The molecular weight excluding hydrogens is 323 g/mol. The molecule has 0 spiro atoms. The van der Waals surface area contributed by atoms with Gasteiger partial charge in [-0.25, -0.2) is 4.39 Å². The monoisotopic (exact) mass is 344 g/mol. The third-order valence-electron chi connectivity index (χ3n) is 4.06. The van der Waals surface area contributed by atoms with Crippen LogP contribution in [-0.2, 0) is 6.54 Å². The first-order valence-electron chi connectivity index (χ1n) is 7.82. The zero-order valence-corrected chi connectivity index (χ0v) is 14.6. The number of likely N-dealkylation sites (N-methyl/N-ethyl adjacent to an activating group) is 1. The van der Waals surface area contributed by atoms with E-state index in [1.54, 1.807) is 23.5 Å². The maximum atomic E-state index is 13.1. The first-order chi connectivity index (χ1) is 11.6. The van der Waals surface area contributed by atoms with E-state index in [1.807, 2.05) is 6.20 Å². The van der Waals surface area contributed by atoms with Gasteiger partial charge < -0.3 is 10.2 Å². The van der Waals surface area contributed by atoms with Crippen LogP contribution >= 0.6 is 11.3 Å². The van der Waals surface area contributed by atoms with Crippen molar-refractivity contribution in [1.82, 2.24) is 20.4 Å². The molecule has 126 valence electrons. The molecule has 24 heavy (non-hydrogen) atoms. The fourth-order valence-corrected chi connectivity index (χ4v) is 3.43. The van der Waals surface area contributed by atoms with Crippen LogP contribution in [0.3, 0.4) is 0 Å². The standard InChI is InChI=1S/C18H21FN4S/c1-23(2)17(14-7-8-24-12-14)11-20-9-15-10-21-22-18(15)13-3-5-16(19)6-4-13/h3-8,10,12,17,20H,9,11H2,1-2H3,(H,21,22). The largest absolute Gasteiger partial charge is 0.311 e. The molecule has 0 amide bonds. The lowest BCUT2D eigenvalue weighted by Gasteiger charge is -2.24. The van der Waals surface area contributed by atoms with Crippen molar-refractivity contribution >= 4 is 11.3 Å². The Morgan fingerprint density at radius 2 is 2.04 bits per heavy atom. The highest BCUT2D eigenvalue weighted by atomic mass is 32.1. The molecule has 0 bridgehead atoms. The number of nitrogens with zero attached hydrogens (tertiary/aromatic N) is 2. The van der Waals surface area contributed by atoms with Gasteiger partial charge in [-0.15, -0.1) is 0 Å². The first kappa shape index (κ1) is 16.8. The van der Waals surface area contributed by atoms with Crippen LogP contribution in [-0.4, -0.2) is 35.7 Å². The molecular formula is C18H21FN4S. The molecule has 0 radical (unpaired) electrons. The van der Waals surface area contributed by atoms with Crippen molar-refractivity contribution in [1.29, 1.82) is 0 Å². The molecule has 0 aliphatic heterocycles. The summed E-state index contributed by atoms with van der Waals surface area (Å²) in [6.07, 6.45) is 1.82. The third kappa shape index (κ3) is 3.90. The van der Waals surface area contributed by atoms with Gasteiger partial charge in [-0.2, -0.15) is 16.4 Å². The third-order valence-corrected chi connectivity index (χ3v) is 4.76. The van der Waals surface area contributed by atoms with Gasteiger partial charge in [0.15, 0.2) is 0 Å². The minimum atomic E-state index is -0.234. The van der Waals surface area contributed by atoms with Crippen molar-refractivity contribution in [3.8, 4) is 11.3 Å². The van der Waals surface area contributed by atoms with Crippen LogP contribution < -0.4 is 5.32 Å². The fourth-order valence-electron chi connectivity index (χ4n) is 2.72. The van der Waals surface area contributed by atoms with Crippen LogP contribution in [0.4, 0.5) is 4.39 Å². The van der Waals surface area contributed by atoms with Crippen molar-refractivity contribution in [3.05, 3.63) is 64.2 Å². The number of H-pyrrole nitrogens is 1. The van der Waals surface area contributed by atoms with Crippen LogP contribution in [0.1, 0.15) is 17.2 Å². The average molecular weight is 344 g/mol. The maximum Gasteiger partial charge on any atom is 0.123 e. The molecule has 6 heteroatoms. The molecule has 0 aliphatic carbocycles. The molecule has 2 heterocycles. The number of aromatic amines is 1. The van der Waals surface area contributed by atoms with Crippen molar-refractivity contribution in [3.63, 3.8) is 0 Å². The van der Waals surface area contributed by atoms with E-state index >= 15 is 0 Å². The summed E-state index contributed by atoms with van der Waals surface area (Å²) in [4.78, 5) is 2.21. The molecule has 3 rings (SSSR count). The molecule has 2 aromatic heterocycles. The van der Waals surface area contributed by atoms with Gasteiger partial charge in [0.25, 0.3) is 0 Å². The van der Waals surface area contributed by atoms with Crippen molar-refractivity contribution in [2.45, 2.75) is 12.6 Å². The Balaban J connectivity index is 1.65. The van der Waals surface area contributed by atoms with Crippen LogP contribution in [0.15, 0.2) is 47.3 Å². The minimum Gasteiger partial charge on any atom is -0.311 e. The SMILES string of the molecule is CN(C)C(CNCc1cn[nH]c1-c1ccc(F)cc1)c1ccsc1. The predicted molar refractivity (Wildman–Crippen MR) is 96.4 cm³/mol. The predicted octanol–water partition coefficient (Wildman–Crippen LogP) is 3.67. The Morgan fingerprint density at radius 1 is 1.25 bits per heavy atom. The Bertz CT molecular complexity index is 750. The van der Waals surface area contributed by atoms with E-state index in [1.165, 1.54) is 17.7 Å². The molecule has 0 aliphatic rings. The summed E-state index contributed by atoms with van der Waals surface area (Å²) in [6.45, 7) is 1.55. The number of halogens is 1. The molecule has 0 fully saturated rings. The quantitative estimate of drug-likeness (QED) is 0.687. The van der Waals surface area contributed by atoms with E-state index in [2.05, 4.69) is 51.3 Å². The highest BCUT2D eigenvalue weighted by Gasteiger charge is 2.15. The first-order valence-corrected chi connectivity index (χ1v) is 8.77. The van der Waals surface area contributed by atoms with Gasteiger partial charge in [0.2, 0.25) is 0 Å². The van der Waals surface area contributed by atoms with Gasteiger partial charge in [-0.3, -0.25) is 5.10 Å². The van der Waals surface area contributed by atoms with Crippen molar-refractivity contribution < 1.29 is 4.39 Å². The van der Waals surface area contributed by atoms with Gasteiger partial charge in [-0.1, -0.05) is 0 Å². The summed E-state index contributed by atoms with van der Waals surface area (Å²) in [7, 11) is 4.18. The van der Waals surface area contributed by atoms with Crippen LogP contribution in [0, 0.1) is 5.82 Å². The average Bonchev–Trinajstić information content (AvgIpc) is 3.23. The summed E-state index contributed by atoms with van der Waals surface area (Å²) in [6, 6.07) is 8.95. The molecule has 1 unspecified atom stereocenters. The zero-order chi connectivity index (χ0) is 16.9. The van der Waals surface area contributed by atoms with E-state index in [-0.39, 0.29) is 5.82 Å². The Kier molecular flexibility index (Phi) is 5.40. The number of aromatic nitrogens is 2. The Labute approximate surface area is 145 Å². The fraction of sp³-hybridized carbons (Fsp3) is 0.278. The highest BCUT2D eigenvalue weighted by molar-refractivity contribution is 7.07. The number of rotatable bonds is 7. The van der Waals surface area contributed by atoms with E-state index in [9.17, 15) is 4.39 Å². The van der Waals surface area contributed by atoms with E-state index < -0.39 is 0 Å². The van der Waals surface area contributed by atoms with E-state index in [0.717, 1.165) is 23.4 Å². The molecule has 4 nitrogen and oxygen atoms in total. The summed E-state index contributed by atoms with van der Waals surface area (Å²) >= 11 is 1.72. The van der Waals surface area contributed by atoms with Crippen molar-refractivity contribution in [2.24, 2.45) is 0 Å². The van der Waals surface area contributed by atoms with Gasteiger partial charge >= 0.3 is 0 Å². The molecule has 1 atom stereocenters. The second-order valence-corrected chi connectivity index (χ2v) is 6.72. The number of nitrogens with one attached hydrogen (secondary N) is 2. The Morgan fingerprint density at radius 3 is 2.71 bits per heavy atom. The normalized spacial score (nSPS) is 12.7. The van der Waals surface area contributed by atoms with E-state index in [0.29, 0.717) is 12.6 Å². The maximum absolute atomic E-state index is 13.1. The summed E-state index contributed by atoms with van der Waals surface area (Å²) in [5.41, 5.74) is 4.26. The van der Waals surface area contributed by atoms with Crippen molar-refractivity contribution in [2.75, 3.05) is 20.6 Å². The molecule has 1 aromatic carbocycles. The number of thiophene rings is 1. The second-order valence-electron chi connectivity index (χ2n) is 5.94. The second kappa shape index (κ2) is 7.70. The van der Waals surface area contributed by atoms with Gasteiger partial charge in [0.05, 0.1) is 11.9 Å². The molecule has 2 N–H and O–H groups in total. The number of hydrogen-bond acceptors (Lipinski definition) is 4. The lowest BCUT2D eigenvalue weighted by atomic mass is 10.1. The van der Waals surface area contributed by atoms with Crippen LogP contribution in [0.5, 0.6) is 0 Å². The summed E-state index contributed by atoms with van der Waals surface area (Å²) in [5.74, 6) is -0.234. The summed E-state index contributed by atoms with van der Waals surface area (Å²) < 4.78 is 13.1.